The van der Waals surface area contributed by atoms with Crippen molar-refractivity contribution in [2.24, 2.45) is 0 Å². The number of hydrogen-bond acceptors (Lipinski definition) is 6. The van der Waals surface area contributed by atoms with Crippen LogP contribution < -0.4 is 0 Å². The largest absolute Gasteiger partial charge is 0.462 e. The van der Waals surface area contributed by atoms with Crippen LogP contribution in [0.5, 0.6) is 0 Å². The van der Waals surface area contributed by atoms with Gasteiger partial charge in [-0.25, -0.2) is 0 Å². The Kier molecular flexibility index (Phi) is 55.3. The van der Waals surface area contributed by atoms with Crippen LogP contribution in [0.25, 0.3) is 0 Å². The molecule has 1 atom stereocenters. The summed E-state index contributed by atoms with van der Waals surface area (Å²) in [6, 6.07) is 0. The van der Waals surface area contributed by atoms with Crippen molar-refractivity contribution >= 4 is 17.9 Å². The number of rotatable bonds is 53. The molecule has 0 aromatic rings. The molecule has 0 bridgehead atoms. The quantitative estimate of drug-likeness (QED) is 0.0261. The minimum Gasteiger partial charge on any atom is -0.462 e. The second-order valence-corrected chi connectivity index (χ2v) is 19.5. The van der Waals surface area contributed by atoms with E-state index in [2.05, 4.69) is 106 Å². The molecule has 0 N–H and O–H groups in total. The normalized spacial score (nSPS) is 12.7. The maximum atomic E-state index is 12.9. The third-order valence-electron chi connectivity index (χ3n) is 12.6. The summed E-state index contributed by atoms with van der Waals surface area (Å²) in [7, 11) is 0. The van der Waals surface area contributed by atoms with E-state index in [0.29, 0.717) is 19.3 Å². The fourth-order valence-electron chi connectivity index (χ4n) is 8.21. The van der Waals surface area contributed by atoms with Gasteiger partial charge in [0, 0.05) is 19.3 Å². The van der Waals surface area contributed by atoms with Crippen molar-refractivity contribution in [2.45, 2.75) is 290 Å². The summed E-state index contributed by atoms with van der Waals surface area (Å²) in [5.41, 5.74) is 0. The Labute approximate surface area is 433 Å². The number of carbonyl (C=O) groups is 3. The van der Waals surface area contributed by atoms with Gasteiger partial charge in [0.15, 0.2) is 6.10 Å². The van der Waals surface area contributed by atoms with Gasteiger partial charge in [0.2, 0.25) is 0 Å². The van der Waals surface area contributed by atoms with Gasteiger partial charge < -0.3 is 14.2 Å². The van der Waals surface area contributed by atoms with Gasteiger partial charge >= 0.3 is 17.9 Å². The van der Waals surface area contributed by atoms with E-state index >= 15 is 0 Å². The fourth-order valence-corrected chi connectivity index (χ4v) is 8.21. The SMILES string of the molecule is CC/C=C\C/C=C\C/C=C\C/C=C\C/C=C\CCCCCCCC(=O)OCC(COC(=O)CCCCCCCCCCCCCCCC)OC(=O)CCCCCCCCC/C=C\C/C=C\CCCCC. The molecule has 0 heterocycles. The molecule has 0 saturated carbocycles. The monoisotopic (exact) mass is 975 g/mol. The molecule has 6 nitrogen and oxygen atoms in total. The Morgan fingerprint density at radius 2 is 0.557 bits per heavy atom. The maximum absolute atomic E-state index is 12.9. The van der Waals surface area contributed by atoms with E-state index in [1.165, 1.54) is 122 Å². The van der Waals surface area contributed by atoms with Gasteiger partial charge in [-0.3, -0.25) is 14.4 Å². The molecule has 0 aliphatic rings. The summed E-state index contributed by atoms with van der Waals surface area (Å²) in [6.45, 7) is 6.50. The van der Waals surface area contributed by atoms with Crippen molar-refractivity contribution in [1.29, 1.82) is 0 Å². The molecule has 0 rings (SSSR count). The van der Waals surface area contributed by atoms with Crippen LogP contribution in [-0.2, 0) is 28.6 Å². The van der Waals surface area contributed by atoms with E-state index in [9.17, 15) is 14.4 Å². The summed E-state index contributed by atoms with van der Waals surface area (Å²) < 4.78 is 16.9. The van der Waals surface area contributed by atoms with Crippen molar-refractivity contribution in [3.63, 3.8) is 0 Å². The van der Waals surface area contributed by atoms with E-state index < -0.39 is 6.10 Å². The number of ether oxygens (including phenoxy) is 3. The Hall–Kier alpha value is -3.41. The molecule has 0 aliphatic heterocycles. The standard InChI is InChI=1S/C64H110O6/c1-4-7-10-13-16-19-22-25-28-30-31-32-33-35-36-39-42-45-48-51-54-57-63(66)69-60-61(59-68-62(65)56-53-50-47-44-41-38-27-24-21-18-15-12-9-6-3)70-64(67)58-55-52-49-46-43-40-37-34-29-26-23-20-17-14-11-8-5-2/h7,10,16-17,19-20,25-26,28-29,31-32,35-36,61H,4-6,8-9,11-15,18,21-24,27,30,33-34,37-60H2,1-3H3/b10-7-,19-16-,20-17-,28-25-,29-26-,32-31-,36-35-. The van der Waals surface area contributed by atoms with Gasteiger partial charge in [0.1, 0.15) is 13.2 Å². The van der Waals surface area contributed by atoms with Gasteiger partial charge in [-0.15, -0.1) is 0 Å². The van der Waals surface area contributed by atoms with Crippen LogP contribution in [0.2, 0.25) is 0 Å². The van der Waals surface area contributed by atoms with Gasteiger partial charge in [0.05, 0.1) is 0 Å². The molecule has 0 amide bonds. The van der Waals surface area contributed by atoms with Crippen LogP contribution in [0.15, 0.2) is 85.1 Å². The molecule has 0 saturated heterocycles. The Morgan fingerprint density at radius 1 is 0.300 bits per heavy atom. The lowest BCUT2D eigenvalue weighted by molar-refractivity contribution is -0.167. The highest BCUT2D eigenvalue weighted by molar-refractivity contribution is 5.71. The van der Waals surface area contributed by atoms with Crippen molar-refractivity contribution in [2.75, 3.05) is 13.2 Å². The number of hydrogen-bond donors (Lipinski definition) is 0. The third-order valence-corrected chi connectivity index (χ3v) is 12.6. The lowest BCUT2D eigenvalue weighted by Gasteiger charge is -2.18. The summed E-state index contributed by atoms with van der Waals surface area (Å²) in [5.74, 6) is -0.903. The number of allylic oxidation sites excluding steroid dienone is 14. The van der Waals surface area contributed by atoms with Gasteiger partial charge in [-0.05, 0) is 96.3 Å². The first-order chi connectivity index (χ1) is 34.5. The Bertz CT molecular complexity index is 1350. The first-order valence-corrected chi connectivity index (χ1v) is 29.6. The predicted octanol–water partition coefficient (Wildman–Crippen LogP) is 19.9. The van der Waals surface area contributed by atoms with Gasteiger partial charge in [0.25, 0.3) is 0 Å². The molecule has 0 aliphatic carbocycles. The van der Waals surface area contributed by atoms with Crippen molar-refractivity contribution in [3.05, 3.63) is 85.1 Å². The number of esters is 3. The topological polar surface area (TPSA) is 78.9 Å². The fraction of sp³-hybridized carbons (Fsp3) is 0.734. The molecule has 0 aromatic heterocycles. The van der Waals surface area contributed by atoms with Crippen molar-refractivity contribution in [3.8, 4) is 0 Å². The highest BCUT2D eigenvalue weighted by atomic mass is 16.6. The molecular weight excluding hydrogens is 865 g/mol. The Balaban J connectivity index is 4.41. The molecule has 402 valence electrons. The summed E-state index contributed by atoms with van der Waals surface area (Å²) in [6.07, 6.45) is 75.7. The molecule has 0 radical (unpaired) electrons. The molecule has 0 spiro atoms. The maximum Gasteiger partial charge on any atom is 0.306 e. The zero-order valence-corrected chi connectivity index (χ0v) is 46.0. The van der Waals surface area contributed by atoms with Crippen LogP contribution in [0, 0.1) is 0 Å². The van der Waals surface area contributed by atoms with Crippen LogP contribution >= 0.6 is 0 Å². The number of unbranched alkanes of at least 4 members (excludes halogenated alkanes) is 28. The van der Waals surface area contributed by atoms with Crippen LogP contribution in [0.4, 0.5) is 0 Å². The van der Waals surface area contributed by atoms with E-state index in [0.717, 1.165) is 122 Å². The number of carbonyl (C=O) groups excluding carboxylic acids is 3. The van der Waals surface area contributed by atoms with E-state index in [-0.39, 0.29) is 31.1 Å². The van der Waals surface area contributed by atoms with E-state index in [1.807, 2.05) is 0 Å². The highest BCUT2D eigenvalue weighted by Crippen LogP contribution is 2.16. The zero-order valence-electron chi connectivity index (χ0n) is 46.0. The van der Waals surface area contributed by atoms with E-state index in [1.54, 1.807) is 0 Å². The second-order valence-electron chi connectivity index (χ2n) is 19.5. The molecule has 70 heavy (non-hydrogen) atoms. The average molecular weight is 976 g/mol. The Morgan fingerprint density at radius 3 is 0.900 bits per heavy atom. The molecule has 1 unspecified atom stereocenters. The van der Waals surface area contributed by atoms with Crippen LogP contribution in [0.1, 0.15) is 284 Å². The molecule has 0 fully saturated rings. The lowest BCUT2D eigenvalue weighted by atomic mass is 10.0. The van der Waals surface area contributed by atoms with Gasteiger partial charge in [-0.1, -0.05) is 254 Å². The molecule has 0 aromatic carbocycles. The summed E-state index contributed by atoms with van der Waals surface area (Å²) >= 11 is 0. The van der Waals surface area contributed by atoms with Crippen molar-refractivity contribution in [1.82, 2.24) is 0 Å². The summed E-state index contributed by atoms with van der Waals surface area (Å²) in [4.78, 5) is 38.2. The summed E-state index contributed by atoms with van der Waals surface area (Å²) in [5, 5.41) is 0. The first-order valence-electron chi connectivity index (χ1n) is 29.6. The minimum atomic E-state index is -0.788. The minimum absolute atomic E-state index is 0.0840. The highest BCUT2D eigenvalue weighted by Gasteiger charge is 2.19. The second kappa shape index (κ2) is 58.2. The van der Waals surface area contributed by atoms with E-state index in [4.69, 9.17) is 14.2 Å². The molecule has 6 heteroatoms. The van der Waals surface area contributed by atoms with Gasteiger partial charge in [-0.2, -0.15) is 0 Å². The zero-order chi connectivity index (χ0) is 50.7. The lowest BCUT2D eigenvalue weighted by Crippen LogP contribution is -2.30. The van der Waals surface area contributed by atoms with Crippen molar-refractivity contribution < 1.29 is 28.6 Å². The smallest absolute Gasteiger partial charge is 0.306 e. The average Bonchev–Trinajstić information content (AvgIpc) is 3.36. The molecular formula is C64H110O6. The predicted molar refractivity (Wildman–Crippen MR) is 302 cm³/mol. The van der Waals surface area contributed by atoms with Crippen LogP contribution in [-0.4, -0.2) is 37.2 Å². The van der Waals surface area contributed by atoms with Crippen LogP contribution in [0.3, 0.4) is 0 Å². The first kappa shape index (κ1) is 66.6. The third kappa shape index (κ3) is 55.5.